The second-order valence-electron chi connectivity index (χ2n) is 10.6. The van der Waals surface area contributed by atoms with Gasteiger partial charge in [0.2, 0.25) is 0 Å². The van der Waals surface area contributed by atoms with Crippen molar-refractivity contribution in [3.8, 4) is 0 Å². The number of nitrogens with zero attached hydrogens (tertiary/aromatic N) is 2. The van der Waals surface area contributed by atoms with E-state index in [4.69, 9.17) is 19.0 Å². The molecule has 2 saturated heterocycles. The van der Waals surface area contributed by atoms with E-state index in [1.807, 2.05) is 37.8 Å². The average Bonchev–Trinajstić information content (AvgIpc) is 3.28. The van der Waals surface area contributed by atoms with Gasteiger partial charge in [0.15, 0.2) is 0 Å². The quantitative estimate of drug-likeness (QED) is 0.689. The van der Waals surface area contributed by atoms with Crippen molar-refractivity contribution in [2.45, 2.75) is 90.6 Å². The number of amides is 1. The molecule has 0 N–H and O–H groups in total. The van der Waals surface area contributed by atoms with E-state index in [1.165, 1.54) is 0 Å². The third-order valence-corrected chi connectivity index (χ3v) is 6.53. The minimum absolute atomic E-state index is 0.00699. The number of fused-ring (bicyclic) bond motifs is 1. The third kappa shape index (κ3) is 3.90. The Hall–Kier alpha value is -1.86. The largest absolute Gasteiger partial charge is 0.494 e. The molecule has 2 fully saturated rings. The van der Waals surface area contributed by atoms with E-state index in [0.717, 1.165) is 41.7 Å². The molecule has 0 aliphatic carbocycles. The van der Waals surface area contributed by atoms with Gasteiger partial charge in [-0.15, -0.1) is 0 Å². The molecule has 7 heteroatoms. The number of likely N-dealkylation sites (tertiary alicyclic amines) is 1. The predicted octanol–water partition coefficient (Wildman–Crippen LogP) is 4.01. The summed E-state index contributed by atoms with van der Waals surface area (Å²) < 4.78 is 18.0. The summed E-state index contributed by atoms with van der Waals surface area (Å²) in [5.41, 5.74) is 2.96. The average molecular weight is 412 g/mol. The summed E-state index contributed by atoms with van der Waals surface area (Å²) in [6.07, 6.45) is 2.39. The number of hydrogen-bond donors (Lipinski definition) is 0. The van der Waals surface area contributed by atoms with Gasteiger partial charge in [0.25, 0.3) is 0 Å². The summed E-state index contributed by atoms with van der Waals surface area (Å²) >= 11 is 0. The van der Waals surface area contributed by atoms with Gasteiger partial charge < -0.3 is 14.0 Å². The third-order valence-electron chi connectivity index (χ3n) is 6.53. The van der Waals surface area contributed by atoms with Crippen LogP contribution in [0.4, 0.5) is 10.5 Å². The van der Waals surface area contributed by atoms with Gasteiger partial charge in [-0.3, -0.25) is 9.89 Å². The van der Waals surface area contributed by atoms with Crippen molar-refractivity contribution in [3.63, 3.8) is 0 Å². The van der Waals surface area contributed by atoms with Gasteiger partial charge in [-0.25, -0.2) is 4.79 Å². The Balaban J connectivity index is 1.49. The number of hydrogen-bond acceptors (Lipinski definition) is 5. The van der Waals surface area contributed by atoms with Crippen LogP contribution in [0.5, 0.6) is 0 Å². The van der Waals surface area contributed by atoms with E-state index in [-0.39, 0.29) is 30.5 Å². The first-order chi connectivity index (χ1) is 13.9. The Morgan fingerprint density at radius 2 is 1.87 bits per heavy atom. The fourth-order valence-electron chi connectivity index (χ4n) is 4.22. The maximum atomic E-state index is 12.7. The summed E-state index contributed by atoms with van der Waals surface area (Å²) in [6, 6.07) is 6.22. The first-order valence-corrected chi connectivity index (χ1v) is 10.9. The molecule has 3 aliphatic rings. The molecular weight excluding hydrogens is 379 g/mol. The number of rotatable bonds is 2. The first-order valence-electron chi connectivity index (χ1n) is 10.9. The number of carbonyl (C=O) groups excluding carboxylic acids is 1. The van der Waals surface area contributed by atoms with Gasteiger partial charge >= 0.3 is 13.2 Å². The number of ether oxygens (including phenoxy) is 1. The smallest absolute Gasteiger partial charge is 0.444 e. The van der Waals surface area contributed by atoms with Crippen molar-refractivity contribution in [3.05, 3.63) is 23.8 Å². The highest BCUT2D eigenvalue weighted by atomic mass is 16.7. The van der Waals surface area contributed by atoms with Crippen LogP contribution in [0.25, 0.3) is 0 Å². The van der Waals surface area contributed by atoms with Gasteiger partial charge in [0.1, 0.15) is 5.60 Å². The van der Waals surface area contributed by atoms with E-state index in [2.05, 4.69) is 33.8 Å². The van der Waals surface area contributed by atoms with E-state index in [1.54, 1.807) is 0 Å². The second kappa shape index (κ2) is 7.09. The standard InChI is InChI=1S/C23H33BN2O4/c1-21(2,3)28-20(27)26-12-8-9-19(26)18-14-15-13-16(10-11-17(15)25-18)24-29-22(4,5)23(6,7)30-24/h10-11,13,19H,8-9,12,14H2,1-7H3. The predicted molar refractivity (Wildman–Crippen MR) is 119 cm³/mol. The van der Waals surface area contributed by atoms with Gasteiger partial charge in [0.05, 0.1) is 22.9 Å². The van der Waals surface area contributed by atoms with Crippen LogP contribution in [-0.4, -0.2) is 53.2 Å². The molecule has 0 spiro atoms. The van der Waals surface area contributed by atoms with E-state index >= 15 is 0 Å². The minimum atomic E-state index is -0.498. The second-order valence-corrected chi connectivity index (χ2v) is 10.6. The van der Waals surface area contributed by atoms with Crippen LogP contribution in [0, 0.1) is 0 Å². The van der Waals surface area contributed by atoms with Crippen LogP contribution >= 0.6 is 0 Å². The molecule has 1 aromatic carbocycles. The number of aliphatic imine (C=N–C) groups is 1. The topological polar surface area (TPSA) is 60.4 Å². The summed E-state index contributed by atoms with van der Waals surface area (Å²) in [5, 5.41) is 0. The summed E-state index contributed by atoms with van der Waals surface area (Å²) in [7, 11) is -0.380. The molecule has 0 saturated carbocycles. The van der Waals surface area contributed by atoms with E-state index < -0.39 is 5.60 Å². The fourth-order valence-corrected chi connectivity index (χ4v) is 4.22. The van der Waals surface area contributed by atoms with Crippen LogP contribution in [0.15, 0.2) is 23.2 Å². The fraction of sp³-hybridized carbons (Fsp3) is 0.652. The molecule has 1 atom stereocenters. The SMILES string of the molecule is CC(C)(C)OC(=O)N1CCCC1C1=Nc2ccc(B3OC(C)(C)C(C)(C)O3)cc2C1. The number of carbonyl (C=O) groups is 1. The maximum absolute atomic E-state index is 12.7. The summed E-state index contributed by atoms with van der Waals surface area (Å²) in [4.78, 5) is 19.4. The maximum Gasteiger partial charge on any atom is 0.494 e. The van der Waals surface area contributed by atoms with Gasteiger partial charge in [0, 0.05) is 18.7 Å². The molecule has 6 nitrogen and oxygen atoms in total. The molecule has 1 amide bonds. The molecule has 0 aromatic heterocycles. The molecule has 0 radical (unpaired) electrons. The van der Waals surface area contributed by atoms with E-state index in [9.17, 15) is 4.79 Å². The number of benzene rings is 1. The zero-order valence-electron chi connectivity index (χ0n) is 19.2. The summed E-state index contributed by atoms with van der Waals surface area (Å²) in [6.45, 7) is 14.7. The molecule has 3 aliphatic heterocycles. The normalized spacial score (nSPS) is 24.8. The van der Waals surface area contributed by atoms with Gasteiger partial charge in [-0.2, -0.15) is 0 Å². The van der Waals surface area contributed by atoms with Crippen molar-refractivity contribution in [1.82, 2.24) is 4.90 Å². The zero-order valence-corrected chi connectivity index (χ0v) is 19.2. The van der Waals surface area contributed by atoms with Crippen LogP contribution in [0.1, 0.15) is 66.9 Å². The highest BCUT2D eigenvalue weighted by Gasteiger charge is 2.51. The van der Waals surface area contributed by atoms with Crippen molar-refractivity contribution >= 4 is 30.1 Å². The van der Waals surface area contributed by atoms with E-state index in [0.29, 0.717) is 6.54 Å². The van der Waals surface area contributed by atoms with Gasteiger partial charge in [-0.1, -0.05) is 12.1 Å². The molecule has 3 heterocycles. The van der Waals surface area contributed by atoms with Crippen molar-refractivity contribution < 1.29 is 18.8 Å². The Morgan fingerprint density at radius 3 is 2.50 bits per heavy atom. The van der Waals surface area contributed by atoms with Crippen LogP contribution < -0.4 is 5.46 Å². The monoisotopic (exact) mass is 412 g/mol. The zero-order chi connectivity index (χ0) is 21.9. The Labute approximate surface area is 180 Å². The van der Waals surface area contributed by atoms with Crippen molar-refractivity contribution in [1.29, 1.82) is 0 Å². The Kier molecular flexibility index (Phi) is 5.06. The van der Waals surface area contributed by atoms with Crippen LogP contribution in [-0.2, 0) is 20.5 Å². The lowest BCUT2D eigenvalue weighted by Gasteiger charge is -2.32. The molecule has 162 valence electrons. The Bertz CT molecular complexity index is 872. The van der Waals surface area contributed by atoms with Crippen molar-refractivity contribution in [2.75, 3.05) is 6.54 Å². The Morgan fingerprint density at radius 1 is 1.20 bits per heavy atom. The lowest BCUT2D eigenvalue weighted by Crippen LogP contribution is -2.43. The molecule has 0 bridgehead atoms. The highest BCUT2D eigenvalue weighted by molar-refractivity contribution is 6.62. The molecule has 1 unspecified atom stereocenters. The lowest BCUT2D eigenvalue weighted by molar-refractivity contribution is 0.00578. The van der Waals surface area contributed by atoms with Crippen molar-refractivity contribution in [2.24, 2.45) is 4.99 Å². The minimum Gasteiger partial charge on any atom is -0.444 e. The lowest BCUT2D eigenvalue weighted by atomic mass is 9.78. The van der Waals surface area contributed by atoms with Gasteiger partial charge in [-0.05, 0) is 78.4 Å². The van der Waals surface area contributed by atoms with Crippen LogP contribution in [0.2, 0.25) is 0 Å². The molecule has 4 rings (SSSR count). The molecule has 1 aromatic rings. The molecular formula is C23H33BN2O4. The first kappa shape index (κ1) is 21.4. The highest BCUT2D eigenvalue weighted by Crippen LogP contribution is 2.37. The van der Waals surface area contributed by atoms with Crippen LogP contribution in [0.3, 0.4) is 0 Å². The summed E-state index contributed by atoms with van der Waals surface area (Å²) in [5.74, 6) is 0. The molecule has 30 heavy (non-hydrogen) atoms.